The number of rotatable bonds is 5. The molecule has 1 fully saturated rings. The number of H-pyrrole nitrogens is 1. The third-order valence-electron chi connectivity index (χ3n) is 4.74. The van der Waals surface area contributed by atoms with Gasteiger partial charge in [-0.2, -0.15) is 9.61 Å². The third kappa shape index (κ3) is 3.35. The normalized spacial score (nSPS) is 14.4. The number of fused-ring (bicyclic) bond motifs is 1. The summed E-state index contributed by atoms with van der Waals surface area (Å²) in [6.07, 6.45) is 7.37. The van der Waals surface area contributed by atoms with Crippen molar-refractivity contribution in [3.8, 4) is 0 Å². The van der Waals surface area contributed by atoms with E-state index in [9.17, 15) is 9.59 Å². The Kier molecular flexibility index (Phi) is 4.49. The van der Waals surface area contributed by atoms with E-state index in [1.54, 1.807) is 36.0 Å². The van der Waals surface area contributed by atoms with Gasteiger partial charge in [0.15, 0.2) is 5.65 Å². The van der Waals surface area contributed by atoms with Crippen molar-refractivity contribution >= 4 is 28.9 Å². The summed E-state index contributed by atoms with van der Waals surface area (Å²) in [6, 6.07) is 5.32. The van der Waals surface area contributed by atoms with Gasteiger partial charge in [-0.25, -0.2) is 4.98 Å². The van der Waals surface area contributed by atoms with Crippen LogP contribution in [0.15, 0.2) is 35.4 Å². The van der Waals surface area contributed by atoms with Gasteiger partial charge in [-0.3, -0.25) is 9.59 Å². The second-order valence-electron chi connectivity index (χ2n) is 6.56. The molecule has 3 aromatic rings. The van der Waals surface area contributed by atoms with E-state index in [0.717, 1.165) is 25.7 Å². The van der Waals surface area contributed by atoms with Crippen LogP contribution in [-0.4, -0.2) is 38.6 Å². The standard InChI is InChI=1S/C18H21N7O2/c1-19-15-9-14(23-13-7-4-8-20-18(13)27)24-16-12(10-21-25(15)16)17(26)22-11-5-2-3-6-11/h4,7-11,19H,2-3,5-6H2,1H3,(H,20,27)(H,22,26)(H,23,24). The SMILES string of the molecule is CNc1cc(Nc2ccc[nH]c2=O)nc2c(C(=O)NC3CCCC3)cnn12. The number of anilines is 3. The van der Waals surface area contributed by atoms with E-state index in [-0.39, 0.29) is 17.5 Å². The van der Waals surface area contributed by atoms with Gasteiger partial charge in [0.1, 0.15) is 22.9 Å². The maximum atomic E-state index is 12.7. The second kappa shape index (κ2) is 7.10. The number of pyridine rings is 1. The van der Waals surface area contributed by atoms with Gasteiger partial charge in [-0.1, -0.05) is 12.8 Å². The van der Waals surface area contributed by atoms with Crippen LogP contribution < -0.4 is 21.5 Å². The van der Waals surface area contributed by atoms with E-state index in [2.05, 4.69) is 31.0 Å². The Morgan fingerprint density at radius 1 is 1.33 bits per heavy atom. The summed E-state index contributed by atoms with van der Waals surface area (Å²) in [6.45, 7) is 0. The highest BCUT2D eigenvalue weighted by molar-refractivity contribution is 6.00. The van der Waals surface area contributed by atoms with E-state index in [1.165, 1.54) is 6.20 Å². The molecule has 140 valence electrons. The zero-order valence-corrected chi connectivity index (χ0v) is 15.0. The molecule has 1 amide bonds. The van der Waals surface area contributed by atoms with E-state index in [1.807, 2.05) is 0 Å². The lowest BCUT2D eigenvalue weighted by Gasteiger charge is -2.12. The van der Waals surface area contributed by atoms with Crippen molar-refractivity contribution in [2.75, 3.05) is 17.7 Å². The van der Waals surface area contributed by atoms with Gasteiger partial charge in [0, 0.05) is 25.4 Å². The molecule has 9 nitrogen and oxygen atoms in total. The molecule has 4 rings (SSSR count). The highest BCUT2D eigenvalue weighted by Crippen LogP contribution is 2.22. The van der Waals surface area contributed by atoms with Gasteiger partial charge in [0.25, 0.3) is 11.5 Å². The number of aromatic amines is 1. The Morgan fingerprint density at radius 2 is 2.15 bits per heavy atom. The lowest BCUT2D eigenvalue weighted by molar-refractivity contribution is 0.0939. The number of nitrogens with one attached hydrogen (secondary N) is 4. The number of carbonyl (C=O) groups is 1. The van der Waals surface area contributed by atoms with Crippen molar-refractivity contribution in [3.05, 3.63) is 46.5 Å². The van der Waals surface area contributed by atoms with Crippen molar-refractivity contribution in [1.29, 1.82) is 0 Å². The Labute approximate surface area is 155 Å². The van der Waals surface area contributed by atoms with Gasteiger partial charge < -0.3 is 20.9 Å². The molecule has 0 atom stereocenters. The lowest BCUT2D eigenvalue weighted by Crippen LogP contribution is -2.32. The smallest absolute Gasteiger partial charge is 0.271 e. The van der Waals surface area contributed by atoms with E-state index in [0.29, 0.717) is 28.5 Å². The molecule has 3 aromatic heterocycles. The largest absolute Gasteiger partial charge is 0.373 e. The molecule has 3 heterocycles. The molecule has 0 spiro atoms. The molecule has 1 saturated carbocycles. The fraction of sp³-hybridized carbons (Fsp3) is 0.333. The van der Waals surface area contributed by atoms with Crippen molar-refractivity contribution in [3.63, 3.8) is 0 Å². The van der Waals surface area contributed by atoms with Crippen LogP contribution in [0.2, 0.25) is 0 Å². The fourth-order valence-corrected chi connectivity index (χ4v) is 3.36. The summed E-state index contributed by atoms with van der Waals surface area (Å²) in [7, 11) is 1.76. The first-order chi connectivity index (χ1) is 13.2. The number of hydrogen-bond donors (Lipinski definition) is 4. The van der Waals surface area contributed by atoms with E-state index in [4.69, 9.17) is 0 Å². The molecular formula is C18H21N7O2. The first kappa shape index (κ1) is 17.1. The Bertz CT molecular complexity index is 1030. The average Bonchev–Trinajstić information content (AvgIpc) is 3.32. The van der Waals surface area contributed by atoms with E-state index >= 15 is 0 Å². The Morgan fingerprint density at radius 3 is 2.89 bits per heavy atom. The van der Waals surface area contributed by atoms with Crippen LogP contribution in [0.25, 0.3) is 5.65 Å². The summed E-state index contributed by atoms with van der Waals surface area (Å²) in [5, 5.41) is 13.4. The molecule has 9 heteroatoms. The van der Waals surface area contributed by atoms with Crippen LogP contribution >= 0.6 is 0 Å². The molecule has 1 aliphatic carbocycles. The van der Waals surface area contributed by atoms with Crippen molar-refractivity contribution in [2.24, 2.45) is 0 Å². The van der Waals surface area contributed by atoms with Gasteiger partial charge >= 0.3 is 0 Å². The predicted molar refractivity (Wildman–Crippen MR) is 103 cm³/mol. The third-order valence-corrected chi connectivity index (χ3v) is 4.74. The van der Waals surface area contributed by atoms with Gasteiger partial charge in [0.2, 0.25) is 0 Å². The zero-order chi connectivity index (χ0) is 18.8. The van der Waals surface area contributed by atoms with Crippen molar-refractivity contribution in [1.82, 2.24) is 24.9 Å². The molecule has 0 unspecified atom stereocenters. The highest BCUT2D eigenvalue weighted by atomic mass is 16.1. The topological polar surface area (TPSA) is 116 Å². The number of amides is 1. The average molecular weight is 367 g/mol. The molecule has 0 aromatic carbocycles. The number of hydrogen-bond acceptors (Lipinski definition) is 6. The van der Waals surface area contributed by atoms with Crippen LogP contribution in [-0.2, 0) is 0 Å². The van der Waals surface area contributed by atoms with Crippen LogP contribution in [0.4, 0.5) is 17.3 Å². The van der Waals surface area contributed by atoms with Crippen LogP contribution in [0.5, 0.6) is 0 Å². The summed E-state index contributed by atoms with van der Waals surface area (Å²) in [5.74, 6) is 0.912. The highest BCUT2D eigenvalue weighted by Gasteiger charge is 2.22. The molecule has 0 radical (unpaired) electrons. The molecule has 0 aliphatic heterocycles. The Balaban J connectivity index is 1.70. The number of carbonyl (C=O) groups excluding carboxylic acids is 1. The predicted octanol–water partition coefficient (Wildman–Crippen LogP) is 1.88. The molecule has 0 bridgehead atoms. The summed E-state index contributed by atoms with van der Waals surface area (Å²) >= 11 is 0. The van der Waals surface area contributed by atoms with Crippen molar-refractivity contribution < 1.29 is 4.79 Å². The second-order valence-corrected chi connectivity index (χ2v) is 6.56. The first-order valence-corrected chi connectivity index (χ1v) is 8.98. The van der Waals surface area contributed by atoms with Gasteiger partial charge in [-0.05, 0) is 25.0 Å². The number of aromatic nitrogens is 4. The first-order valence-electron chi connectivity index (χ1n) is 8.98. The fourth-order valence-electron chi connectivity index (χ4n) is 3.36. The summed E-state index contributed by atoms with van der Waals surface area (Å²) < 4.78 is 1.57. The summed E-state index contributed by atoms with van der Waals surface area (Å²) in [5.41, 5.74) is 0.946. The molecule has 4 N–H and O–H groups in total. The number of nitrogens with zero attached hydrogens (tertiary/aromatic N) is 3. The minimum Gasteiger partial charge on any atom is -0.373 e. The zero-order valence-electron chi connectivity index (χ0n) is 15.0. The van der Waals surface area contributed by atoms with E-state index < -0.39 is 0 Å². The molecule has 27 heavy (non-hydrogen) atoms. The Hall–Kier alpha value is -3.36. The summed E-state index contributed by atoms with van der Waals surface area (Å²) in [4.78, 5) is 31.7. The lowest BCUT2D eigenvalue weighted by atomic mass is 10.2. The van der Waals surface area contributed by atoms with Crippen LogP contribution in [0.3, 0.4) is 0 Å². The van der Waals surface area contributed by atoms with Crippen molar-refractivity contribution in [2.45, 2.75) is 31.7 Å². The minimum absolute atomic E-state index is 0.179. The van der Waals surface area contributed by atoms with Gasteiger partial charge in [0.05, 0.1) is 6.20 Å². The van der Waals surface area contributed by atoms with Crippen LogP contribution in [0.1, 0.15) is 36.0 Å². The molecule has 0 saturated heterocycles. The minimum atomic E-state index is -0.252. The van der Waals surface area contributed by atoms with Crippen LogP contribution in [0, 0.1) is 0 Å². The monoisotopic (exact) mass is 367 g/mol. The molecule has 1 aliphatic rings. The maximum Gasteiger partial charge on any atom is 0.271 e. The molecular weight excluding hydrogens is 346 g/mol. The maximum absolute atomic E-state index is 12.7. The quantitative estimate of drug-likeness (QED) is 0.547. The van der Waals surface area contributed by atoms with Gasteiger partial charge in [-0.15, -0.1) is 0 Å².